The summed E-state index contributed by atoms with van der Waals surface area (Å²) >= 11 is 0. The first-order valence-electron chi connectivity index (χ1n) is 6.19. The Bertz CT molecular complexity index is 537. The van der Waals surface area contributed by atoms with Gasteiger partial charge in [0.2, 0.25) is 5.91 Å². The number of amides is 1. The number of hydrogen-bond acceptors (Lipinski definition) is 3. The van der Waals surface area contributed by atoms with Crippen LogP contribution in [0.1, 0.15) is 35.3 Å². The fourth-order valence-corrected chi connectivity index (χ4v) is 2.19. The van der Waals surface area contributed by atoms with Gasteiger partial charge in [-0.15, -0.1) is 0 Å². The molecule has 0 radical (unpaired) electrons. The van der Waals surface area contributed by atoms with Crippen LogP contribution in [0.5, 0.6) is 0 Å². The van der Waals surface area contributed by atoms with Crippen molar-refractivity contribution >= 4 is 11.9 Å². The topological polar surface area (TPSA) is 83.6 Å². The Balaban J connectivity index is 2.21. The van der Waals surface area contributed by atoms with Gasteiger partial charge in [0.05, 0.1) is 11.0 Å². The normalized spacial score (nSPS) is 14.4. The van der Waals surface area contributed by atoms with Gasteiger partial charge in [-0.2, -0.15) is 0 Å². The molecule has 0 bridgehead atoms. The monoisotopic (exact) mass is 262 g/mol. The van der Waals surface area contributed by atoms with Crippen LogP contribution in [0.3, 0.4) is 0 Å². The smallest absolute Gasteiger partial charge is 0.335 e. The number of carboxylic acids is 1. The Kier molecular flexibility index (Phi) is 3.32. The third kappa shape index (κ3) is 2.46. The van der Waals surface area contributed by atoms with Crippen LogP contribution < -0.4 is 5.73 Å². The molecule has 0 aliphatic carbocycles. The van der Waals surface area contributed by atoms with E-state index in [9.17, 15) is 9.59 Å². The second kappa shape index (κ2) is 4.66. The summed E-state index contributed by atoms with van der Waals surface area (Å²) < 4.78 is 0. The predicted octanol–water partition coefficient (Wildman–Crippen LogP) is 1.21. The minimum atomic E-state index is -0.949. The lowest BCUT2D eigenvalue weighted by Crippen LogP contribution is -2.42. The molecule has 19 heavy (non-hydrogen) atoms. The van der Waals surface area contributed by atoms with Crippen LogP contribution in [-0.4, -0.2) is 28.4 Å². The number of aromatic carboxylic acids is 1. The number of carboxylic acid groups (broad SMARTS) is 1. The molecule has 1 aliphatic heterocycles. The fraction of sp³-hybridized carbons (Fsp3) is 0.429. The van der Waals surface area contributed by atoms with Gasteiger partial charge in [0, 0.05) is 19.6 Å². The van der Waals surface area contributed by atoms with Crippen molar-refractivity contribution in [2.45, 2.75) is 26.9 Å². The summed E-state index contributed by atoms with van der Waals surface area (Å²) in [7, 11) is 0. The van der Waals surface area contributed by atoms with E-state index in [0.717, 1.165) is 11.1 Å². The van der Waals surface area contributed by atoms with Gasteiger partial charge < -0.3 is 15.7 Å². The molecule has 1 amide bonds. The Hall–Kier alpha value is -1.88. The number of carbonyl (C=O) groups is 2. The molecule has 1 aromatic carbocycles. The summed E-state index contributed by atoms with van der Waals surface area (Å²) in [4.78, 5) is 25.0. The lowest BCUT2D eigenvalue weighted by Gasteiger charge is -2.27. The average Bonchev–Trinajstić information content (AvgIpc) is 2.80. The van der Waals surface area contributed by atoms with Crippen molar-refractivity contribution in [1.82, 2.24) is 4.90 Å². The SMILES string of the molecule is CC(C)(CN)C(=O)N1Cc2ccc(C(=O)O)cc2C1. The maximum absolute atomic E-state index is 12.3. The van der Waals surface area contributed by atoms with E-state index in [0.29, 0.717) is 19.6 Å². The maximum Gasteiger partial charge on any atom is 0.335 e. The number of nitrogens with two attached hydrogens (primary N) is 1. The molecule has 5 heteroatoms. The van der Waals surface area contributed by atoms with E-state index in [-0.39, 0.29) is 11.5 Å². The Morgan fingerprint density at radius 3 is 2.53 bits per heavy atom. The van der Waals surface area contributed by atoms with Gasteiger partial charge in [0.15, 0.2) is 0 Å². The van der Waals surface area contributed by atoms with E-state index >= 15 is 0 Å². The van der Waals surface area contributed by atoms with Crippen LogP contribution in [0.25, 0.3) is 0 Å². The highest BCUT2D eigenvalue weighted by Crippen LogP contribution is 2.28. The van der Waals surface area contributed by atoms with Gasteiger partial charge in [-0.3, -0.25) is 4.79 Å². The van der Waals surface area contributed by atoms with Gasteiger partial charge in [-0.25, -0.2) is 4.79 Å². The molecule has 0 spiro atoms. The van der Waals surface area contributed by atoms with E-state index in [2.05, 4.69) is 0 Å². The van der Waals surface area contributed by atoms with E-state index < -0.39 is 11.4 Å². The molecule has 0 unspecified atom stereocenters. The molecular weight excluding hydrogens is 244 g/mol. The molecule has 2 rings (SSSR count). The lowest BCUT2D eigenvalue weighted by molar-refractivity contribution is -0.140. The molecule has 0 saturated carbocycles. The molecule has 1 aliphatic rings. The van der Waals surface area contributed by atoms with Crippen LogP contribution in [0.15, 0.2) is 18.2 Å². The van der Waals surface area contributed by atoms with Crippen LogP contribution in [-0.2, 0) is 17.9 Å². The zero-order valence-electron chi connectivity index (χ0n) is 11.1. The number of carbonyl (C=O) groups excluding carboxylic acids is 1. The third-order valence-electron chi connectivity index (χ3n) is 3.55. The highest BCUT2D eigenvalue weighted by molar-refractivity contribution is 5.88. The summed E-state index contributed by atoms with van der Waals surface area (Å²) in [6.45, 7) is 4.91. The van der Waals surface area contributed by atoms with Crippen LogP contribution in [0.4, 0.5) is 0 Å². The number of hydrogen-bond donors (Lipinski definition) is 2. The number of nitrogens with zero attached hydrogens (tertiary/aromatic N) is 1. The number of rotatable bonds is 3. The average molecular weight is 262 g/mol. The zero-order chi connectivity index (χ0) is 14.2. The van der Waals surface area contributed by atoms with Crippen molar-refractivity contribution in [2.24, 2.45) is 11.1 Å². The number of benzene rings is 1. The second-order valence-corrected chi connectivity index (χ2v) is 5.54. The first-order valence-corrected chi connectivity index (χ1v) is 6.19. The third-order valence-corrected chi connectivity index (χ3v) is 3.55. The van der Waals surface area contributed by atoms with Crippen LogP contribution >= 0.6 is 0 Å². The van der Waals surface area contributed by atoms with Crippen molar-refractivity contribution in [2.75, 3.05) is 6.54 Å². The van der Waals surface area contributed by atoms with Gasteiger partial charge >= 0.3 is 5.97 Å². The first kappa shape index (κ1) is 13.5. The fourth-order valence-electron chi connectivity index (χ4n) is 2.19. The van der Waals surface area contributed by atoms with E-state index in [4.69, 9.17) is 10.8 Å². The standard InChI is InChI=1S/C14H18N2O3/c1-14(2,8-15)13(19)16-6-10-4-3-9(12(17)18)5-11(10)7-16/h3-5H,6-8,15H2,1-2H3,(H,17,18). The Morgan fingerprint density at radius 2 is 1.95 bits per heavy atom. The van der Waals surface area contributed by atoms with Gasteiger partial charge in [0.25, 0.3) is 0 Å². The second-order valence-electron chi connectivity index (χ2n) is 5.54. The molecule has 0 fully saturated rings. The predicted molar refractivity (Wildman–Crippen MR) is 70.5 cm³/mol. The summed E-state index contributed by atoms with van der Waals surface area (Å²) in [6.07, 6.45) is 0. The Labute approximate surface area is 112 Å². The van der Waals surface area contributed by atoms with E-state index in [1.165, 1.54) is 0 Å². The molecule has 1 heterocycles. The van der Waals surface area contributed by atoms with E-state index in [1.807, 2.05) is 13.8 Å². The van der Waals surface area contributed by atoms with Gasteiger partial charge in [-0.1, -0.05) is 6.07 Å². The van der Waals surface area contributed by atoms with Gasteiger partial charge in [0.1, 0.15) is 0 Å². The quantitative estimate of drug-likeness (QED) is 0.857. The lowest BCUT2D eigenvalue weighted by atomic mass is 9.92. The van der Waals surface area contributed by atoms with Crippen molar-refractivity contribution in [1.29, 1.82) is 0 Å². The molecule has 0 aromatic heterocycles. The molecule has 1 aromatic rings. The zero-order valence-corrected chi connectivity index (χ0v) is 11.1. The largest absolute Gasteiger partial charge is 0.478 e. The van der Waals surface area contributed by atoms with Crippen molar-refractivity contribution < 1.29 is 14.7 Å². The molecule has 0 atom stereocenters. The molecular formula is C14H18N2O3. The molecule has 102 valence electrons. The van der Waals surface area contributed by atoms with E-state index in [1.54, 1.807) is 23.1 Å². The highest BCUT2D eigenvalue weighted by Gasteiger charge is 2.33. The molecule has 3 N–H and O–H groups in total. The molecule has 0 saturated heterocycles. The van der Waals surface area contributed by atoms with Crippen molar-refractivity contribution in [3.63, 3.8) is 0 Å². The number of fused-ring (bicyclic) bond motifs is 1. The summed E-state index contributed by atoms with van der Waals surface area (Å²) in [5.74, 6) is -0.946. The summed E-state index contributed by atoms with van der Waals surface area (Å²) in [5.41, 5.74) is 7.20. The minimum absolute atomic E-state index is 0.00285. The van der Waals surface area contributed by atoms with Crippen LogP contribution in [0.2, 0.25) is 0 Å². The van der Waals surface area contributed by atoms with Crippen molar-refractivity contribution in [3.8, 4) is 0 Å². The van der Waals surface area contributed by atoms with Crippen LogP contribution in [0, 0.1) is 5.41 Å². The van der Waals surface area contributed by atoms with Gasteiger partial charge in [-0.05, 0) is 37.1 Å². The highest BCUT2D eigenvalue weighted by atomic mass is 16.4. The molecule has 5 nitrogen and oxygen atoms in total. The Morgan fingerprint density at radius 1 is 1.32 bits per heavy atom. The first-order chi connectivity index (χ1) is 8.85. The summed E-state index contributed by atoms with van der Waals surface area (Å²) in [5, 5.41) is 8.96. The minimum Gasteiger partial charge on any atom is -0.478 e. The summed E-state index contributed by atoms with van der Waals surface area (Å²) in [6, 6.07) is 4.99. The van der Waals surface area contributed by atoms with Crippen molar-refractivity contribution in [3.05, 3.63) is 34.9 Å². The maximum atomic E-state index is 12.3.